The van der Waals surface area contributed by atoms with E-state index in [0.29, 0.717) is 12.1 Å². The van der Waals surface area contributed by atoms with Gasteiger partial charge in [-0.2, -0.15) is 0 Å². The van der Waals surface area contributed by atoms with E-state index in [0.717, 1.165) is 11.1 Å². The third kappa shape index (κ3) is 4.87. The maximum absolute atomic E-state index is 4.34. The minimum atomic E-state index is 0.349. The van der Waals surface area contributed by atoms with Crippen LogP contribution in [-0.2, 0) is 0 Å². The fourth-order valence-electron chi connectivity index (χ4n) is 1.14. The normalized spacial score (nSPS) is 12.4. The number of benzene rings is 1. The summed E-state index contributed by atoms with van der Waals surface area (Å²) in [4.78, 5) is 8.68. The van der Waals surface area contributed by atoms with E-state index in [2.05, 4.69) is 61.9 Å². The summed E-state index contributed by atoms with van der Waals surface area (Å²) in [7, 11) is 0. The van der Waals surface area contributed by atoms with Crippen LogP contribution in [-0.4, -0.2) is 24.5 Å². The van der Waals surface area contributed by atoms with E-state index in [4.69, 9.17) is 0 Å². The molecule has 0 aromatic heterocycles. The monoisotopic (exact) mass is 216 g/mol. The summed E-state index contributed by atoms with van der Waals surface area (Å²) in [6.45, 7) is 8.28. The molecule has 0 N–H and O–H groups in total. The number of nitrogens with zero attached hydrogens (tertiary/aromatic N) is 2. The Morgan fingerprint density at radius 2 is 1.06 bits per heavy atom. The van der Waals surface area contributed by atoms with Crippen LogP contribution in [0.5, 0.6) is 0 Å². The van der Waals surface area contributed by atoms with Crippen molar-refractivity contribution in [3.05, 3.63) is 35.4 Å². The lowest BCUT2D eigenvalue weighted by atomic mass is 10.1. The van der Waals surface area contributed by atoms with Gasteiger partial charge in [0.2, 0.25) is 0 Å². The molecule has 1 aromatic rings. The second-order valence-electron chi connectivity index (χ2n) is 4.41. The van der Waals surface area contributed by atoms with Crippen molar-refractivity contribution in [2.75, 3.05) is 0 Å². The maximum atomic E-state index is 4.34. The highest BCUT2D eigenvalue weighted by atomic mass is 14.7. The summed E-state index contributed by atoms with van der Waals surface area (Å²) in [5, 5.41) is 0. The first-order valence-electron chi connectivity index (χ1n) is 5.74. The number of aliphatic imine (C=N–C) groups is 2. The van der Waals surface area contributed by atoms with Gasteiger partial charge in [-0.3, -0.25) is 9.98 Å². The van der Waals surface area contributed by atoms with Crippen molar-refractivity contribution in [3.8, 4) is 0 Å². The Hall–Kier alpha value is -1.44. The SMILES string of the molecule is CC(C)/N=C/c1ccc(/C=N/C(C)C)cc1. The van der Waals surface area contributed by atoms with E-state index in [-0.39, 0.29) is 0 Å². The average Bonchev–Trinajstić information content (AvgIpc) is 2.25. The van der Waals surface area contributed by atoms with Crippen LogP contribution in [0.4, 0.5) is 0 Å². The van der Waals surface area contributed by atoms with Crippen LogP contribution in [0.2, 0.25) is 0 Å². The summed E-state index contributed by atoms with van der Waals surface area (Å²) in [6, 6.07) is 8.95. The van der Waals surface area contributed by atoms with Gasteiger partial charge in [0.15, 0.2) is 0 Å². The highest BCUT2D eigenvalue weighted by Crippen LogP contribution is 2.01. The van der Waals surface area contributed by atoms with Crippen molar-refractivity contribution in [2.45, 2.75) is 39.8 Å². The van der Waals surface area contributed by atoms with Crippen molar-refractivity contribution < 1.29 is 0 Å². The number of rotatable bonds is 4. The zero-order valence-electron chi connectivity index (χ0n) is 10.5. The van der Waals surface area contributed by atoms with Crippen LogP contribution in [0.3, 0.4) is 0 Å². The van der Waals surface area contributed by atoms with Gasteiger partial charge in [-0.05, 0) is 38.8 Å². The third-order valence-electron chi connectivity index (χ3n) is 1.98. The van der Waals surface area contributed by atoms with Gasteiger partial charge in [0.1, 0.15) is 0 Å². The number of hydrogen-bond acceptors (Lipinski definition) is 2. The maximum Gasteiger partial charge on any atom is 0.0443 e. The fraction of sp³-hybridized carbons (Fsp3) is 0.429. The molecule has 1 rings (SSSR count). The first-order valence-corrected chi connectivity index (χ1v) is 5.74. The lowest BCUT2D eigenvalue weighted by Crippen LogP contribution is -1.92. The fourth-order valence-corrected chi connectivity index (χ4v) is 1.14. The highest BCUT2D eigenvalue weighted by Gasteiger charge is 1.91. The molecule has 2 nitrogen and oxygen atoms in total. The summed E-state index contributed by atoms with van der Waals surface area (Å²) >= 11 is 0. The van der Waals surface area contributed by atoms with E-state index in [1.165, 1.54) is 0 Å². The van der Waals surface area contributed by atoms with Crippen molar-refractivity contribution in [3.63, 3.8) is 0 Å². The van der Waals surface area contributed by atoms with E-state index >= 15 is 0 Å². The Labute approximate surface area is 98.1 Å². The second kappa shape index (κ2) is 6.21. The molecule has 0 unspecified atom stereocenters. The van der Waals surface area contributed by atoms with Crippen LogP contribution in [0.15, 0.2) is 34.3 Å². The van der Waals surface area contributed by atoms with Gasteiger partial charge in [0.05, 0.1) is 0 Å². The average molecular weight is 216 g/mol. The third-order valence-corrected chi connectivity index (χ3v) is 1.98. The van der Waals surface area contributed by atoms with Gasteiger partial charge in [-0.15, -0.1) is 0 Å². The minimum Gasteiger partial charge on any atom is -0.290 e. The molecular weight excluding hydrogens is 196 g/mol. The molecule has 0 aliphatic carbocycles. The van der Waals surface area contributed by atoms with Gasteiger partial charge in [0.25, 0.3) is 0 Å². The van der Waals surface area contributed by atoms with E-state index in [1.54, 1.807) is 0 Å². The molecule has 0 saturated carbocycles. The molecule has 0 saturated heterocycles. The van der Waals surface area contributed by atoms with Gasteiger partial charge in [-0.25, -0.2) is 0 Å². The van der Waals surface area contributed by atoms with Crippen LogP contribution < -0.4 is 0 Å². The van der Waals surface area contributed by atoms with E-state index in [9.17, 15) is 0 Å². The van der Waals surface area contributed by atoms with Crippen molar-refractivity contribution in [1.29, 1.82) is 0 Å². The molecule has 0 aliphatic rings. The molecule has 2 heteroatoms. The summed E-state index contributed by atoms with van der Waals surface area (Å²) in [5.74, 6) is 0. The zero-order valence-corrected chi connectivity index (χ0v) is 10.5. The summed E-state index contributed by atoms with van der Waals surface area (Å²) in [5.41, 5.74) is 2.27. The lowest BCUT2D eigenvalue weighted by Gasteiger charge is -1.98. The van der Waals surface area contributed by atoms with E-state index < -0.39 is 0 Å². The Kier molecular flexibility index (Phi) is 4.90. The molecule has 0 heterocycles. The molecule has 0 spiro atoms. The molecule has 0 amide bonds. The Morgan fingerprint density at radius 1 is 0.750 bits per heavy atom. The summed E-state index contributed by atoms with van der Waals surface area (Å²) < 4.78 is 0. The molecule has 16 heavy (non-hydrogen) atoms. The first-order chi connectivity index (χ1) is 7.58. The largest absolute Gasteiger partial charge is 0.290 e. The molecule has 0 radical (unpaired) electrons. The molecule has 0 fully saturated rings. The molecule has 1 aromatic carbocycles. The molecular formula is C14H20N2. The highest BCUT2D eigenvalue weighted by molar-refractivity contribution is 5.84. The van der Waals surface area contributed by atoms with Gasteiger partial charge in [0, 0.05) is 24.5 Å². The summed E-state index contributed by atoms with van der Waals surface area (Å²) in [6.07, 6.45) is 3.82. The Balaban J connectivity index is 2.68. The van der Waals surface area contributed by atoms with Gasteiger partial charge < -0.3 is 0 Å². The van der Waals surface area contributed by atoms with Gasteiger partial charge in [-0.1, -0.05) is 24.3 Å². The van der Waals surface area contributed by atoms with Crippen LogP contribution in [0.1, 0.15) is 38.8 Å². The standard InChI is InChI=1S/C14H20N2/c1-11(2)15-9-13-5-7-14(8-6-13)10-16-12(3)4/h5-12H,1-4H3/b15-9+,16-10+. The van der Waals surface area contributed by atoms with Crippen LogP contribution >= 0.6 is 0 Å². The van der Waals surface area contributed by atoms with Crippen LogP contribution in [0, 0.1) is 0 Å². The smallest absolute Gasteiger partial charge is 0.0443 e. The molecule has 86 valence electrons. The second-order valence-corrected chi connectivity index (χ2v) is 4.41. The Bertz CT molecular complexity index is 322. The predicted octanol–water partition coefficient (Wildman–Crippen LogP) is 3.34. The topological polar surface area (TPSA) is 24.7 Å². The number of hydrogen-bond donors (Lipinski definition) is 0. The minimum absolute atomic E-state index is 0.349. The van der Waals surface area contributed by atoms with Crippen molar-refractivity contribution in [1.82, 2.24) is 0 Å². The molecule has 0 bridgehead atoms. The lowest BCUT2D eigenvalue weighted by molar-refractivity contribution is 0.840. The first kappa shape index (κ1) is 12.6. The van der Waals surface area contributed by atoms with Gasteiger partial charge >= 0.3 is 0 Å². The zero-order chi connectivity index (χ0) is 12.0. The van der Waals surface area contributed by atoms with Crippen LogP contribution in [0.25, 0.3) is 0 Å². The quantitative estimate of drug-likeness (QED) is 0.690. The molecule has 0 aliphatic heterocycles. The molecule has 0 atom stereocenters. The van der Waals surface area contributed by atoms with Crippen molar-refractivity contribution in [2.24, 2.45) is 9.98 Å². The predicted molar refractivity (Wildman–Crippen MR) is 71.9 cm³/mol. The van der Waals surface area contributed by atoms with Crippen molar-refractivity contribution >= 4 is 12.4 Å². The Morgan fingerprint density at radius 3 is 1.31 bits per heavy atom. The van der Waals surface area contributed by atoms with E-state index in [1.807, 2.05) is 12.4 Å².